The van der Waals surface area contributed by atoms with Crippen LogP contribution in [0.25, 0.3) is 0 Å². The van der Waals surface area contributed by atoms with Crippen LogP contribution in [0.1, 0.15) is 57.0 Å². The summed E-state index contributed by atoms with van der Waals surface area (Å²) < 4.78 is 9.52. The molecule has 1 unspecified atom stereocenters. The minimum absolute atomic E-state index is 0.0264. The number of ether oxygens (including phenoxy) is 2. The van der Waals surface area contributed by atoms with Crippen LogP contribution in [-0.4, -0.2) is 50.1 Å². The Labute approximate surface area is 177 Å². The van der Waals surface area contributed by atoms with Gasteiger partial charge in [-0.05, 0) is 35.4 Å². The van der Waals surface area contributed by atoms with E-state index >= 15 is 0 Å². The zero-order valence-electron chi connectivity index (χ0n) is 18.5. The SMILES string of the molecule is COC(=O)C(CC(C)C)NC(=O)COC(=O)CNC(=O)c1ccc(C(C)(C)C)cc1. The molecule has 0 aliphatic carbocycles. The average molecular weight is 421 g/mol. The lowest BCUT2D eigenvalue weighted by Crippen LogP contribution is -2.44. The molecule has 8 heteroatoms. The molecule has 2 amide bonds. The first-order chi connectivity index (χ1) is 13.9. The Morgan fingerprint density at radius 1 is 1.03 bits per heavy atom. The molecule has 0 aliphatic rings. The predicted molar refractivity (Wildman–Crippen MR) is 112 cm³/mol. The Kier molecular flexibility index (Phi) is 9.49. The summed E-state index contributed by atoms with van der Waals surface area (Å²) in [5.74, 6) is -2.20. The molecule has 1 aromatic carbocycles. The van der Waals surface area contributed by atoms with Crippen molar-refractivity contribution in [2.24, 2.45) is 5.92 Å². The van der Waals surface area contributed by atoms with Gasteiger partial charge in [0.05, 0.1) is 7.11 Å². The van der Waals surface area contributed by atoms with Crippen LogP contribution in [0.4, 0.5) is 0 Å². The third-order valence-electron chi connectivity index (χ3n) is 4.30. The Morgan fingerprint density at radius 2 is 1.63 bits per heavy atom. The minimum atomic E-state index is -0.808. The van der Waals surface area contributed by atoms with E-state index in [0.717, 1.165) is 5.56 Å². The van der Waals surface area contributed by atoms with Crippen molar-refractivity contribution in [3.63, 3.8) is 0 Å². The molecular weight excluding hydrogens is 388 g/mol. The number of hydrogen-bond acceptors (Lipinski definition) is 6. The van der Waals surface area contributed by atoms with Crippen molar-refractivity contribution < 1.29 is 28.7 Å². The second-order valence-corrected chi connectivity index (χ2v) is 8.44. The molecule has 0 radical (unpaired) electrons. The van der Waals surface area contributed by atoms with E-state index in [0.29, 0.717) is 12.0 Å². The summed E-state index contributed by atoms with van der Waals surface area (Å²) in [6.45, 7) is 9.10. The minimum Gasteiger partial charge on any atom is -0.467 e. The van der Waals surface area contributed by atoms with Gasteiger partial charge in [-0.1, -0.05) is 46.8 Å². The molecule has 1 rings (SSSR count). The Hall–Kier alpha value is -2.90. The van der Waals surface area contributed by atoms with Crippen LogP contribution in [0.5, 0.6) is 0 Å². The molecule has 2 N–H and O–H groups in total. The van der Waals surface area contributed by atoms with Crippen LogP contribution in [0.3, 0.4) is 0 Å². The summed E-state index contributed by atoms with van der Waals surface area (Å²) in [7, 11) is 1.24. The topological polar surface area (TPSA) is 111 Å². The number of hydrogen-bond donors (Lipinski definition) is 2. The zero-order chi connectivity index (χ0) is 22.9. The summed E-state index contributed by atoms with van der Waals surface area (Å²) in [4.78, 5) is 47.6. The zero-order valence-corrected chi connectivity index (χ0v) is 18.5. The van der Waals surface area contributed by atoms with E-state index < -0.39 is 36.4 Å². The number of carbonyl (C=O) groups excluding carboxylic acids is 4. The van der Waals surface area contributed by atoms with Gasteiger partial charge in [0.2, 0.25) is 0 Å². The van der Waals surface area contributed by atoms with Gasteiger partial charge in [0, 0.05) is 5.56 Å². The number of benzene rings is 1. The number of methoxy groups -OCH3 is 1. The van der Waals surface area contributed by atoms with Gasteiger partial charge in [0.1, 0.15) is 12.6 Å². The van der Waals surface area contributed by atoms with Crippen LogP contribution in [0, 0.1) is 5.92 Å². The molecule has 0 aromatic heterocycles. The maximum atomic E-state index is 12.2. The first-order valence-electron chi connectivity index (χ1n) is 9.85. The molecule has 0 saturated carbocycles. The molecule has 0 bridgehead atoms. The molecule has 1 atom stereocenters. The monoisotopic (exact) mass is 420 g/mol. The number of rotatable bonds is 9. The van der Waals surface area contributed by atoms with E-state index in [-0.39, 0.29) is 17.9 Å². The third kappa shape index (κ3) is 8.63. The number of esters is 2. The molecule has 0 saturated heterocycles. The fraction of sp³-hybridized carbons (Fsp3) is 0.545. The number of amides is 2. The molecular formula is C22H32N2O6. The van der Waals surface area contributed by atoms with E-state index in [9.17, 15) is 19.2 Å². The van der Waals surface area contributed by atoms with Gasteiger partial charge >= 0.3 is 11.9 Å². The van der Waals surface area contributed by atoms with Crippen molar-refractivity contribution in [3.8, 4) is 0 Å². The summed E-state index contributed by atoms with van der Waals surface area (Å²) in [5, 5.41) is 4.94. The average Bonchev–Trinajstić information content (AvgIpc) is 2.68. The van der Waals surface area contributed by atoms with Gasteiger partial charge in [-0.2, -0.15) is 0 Å². The van der Waals surface area contributed by atoms with Crippen LogP contribution in [-0.2, 0) is 29.3 Å². The molecule has 30 heavy (non-hydrogen) atoms. The van der Waals surface area contributed by atoms with Crippen molar-refractivity contribution in [1.82, 2.24) is 10.6 Å². The van der Waals surface area contributed by atoms with E-state index in [4.69, 9.17) is 4.74 Å². The van der Waals surface area contributed by atoms with Crippen LogP contribution < -0.4 is 10.6 Å². The summed E-state index contributed by atoms with van der Waals surface area (Å²) in [6, 6.07) is 6.31. The van der Waals surface area contributed by atoms with Gasteiger partial charge in [0.15, 0.2) is 6.61 Å². The van der Waals surface area contributed by atoms with Gasteiger partial charge < -0.3 is 20.1 Å². The smallest absolute Gasteiger partial charge is 0.328 e. The van der Waals surface area contributed by atoms with Crippen molar-refractivity contribution in [2.75, 3.05) is 20.3 Å². The fourth-order valence-electron chi connectivity index (χ4n) is 2.64. The Bertz CT molecular complexity index is 750. The van der Waals surface area contributed by atoms with Crippen molar-refractivity contribution in [3.05, 3.63) is 35.4 Å². The lowest BCUT2D eigenvalue weighted by molar-refractivity contribution is -0.149. The van der Waals surface area contributed by atoms with Crippen LogP contribution in [0.2, 0.25) is 0 Å². The molecule has 8 nitrogen and oxygen atoms in total. The highest BCUT2D eigenvalue weighted by Crippen LogP contribution is 2.22. The molecule has 0 heterocycles. The molecule has 1 aromatic rings. The van der Waals surface area contributed by atoms with Gasteiger partial charge in [-0.15, -0.1) is 0 Å². The van der Waals surface area contributed by atoms with Gasteiger partial charge in [-0.25, -0.2) is 4.79 Å². The largest absolute Gasteiger partial charge is 0.467 e. The first-order valence-corrected chi connectivity index (χ1v) is 9.85. The highest BCUT2D eigenvalue weighted by Gasteiger charge is 2.23. The lowest BCUT2D eigenvalue weighted by Gasteiger charge is -2.19. The van der Waals surface area contributed by atoms with E-state index in [1.54, 1.807) is 12.1 Å². The highest BCUT2D eigenvalue weighted by atomic mass is 16.5. The standard InChI is InChI=1S/C22H32N2O6/c1-14(2)11-17(21(28)29-6)24-18(25)13-30-19(26)12-23-20(27)15-7-9-16(10-8-15)22(3,4)5/h7-10,14,17H,11-13H2,1-6H3,(H,23,27)(H,24,25). The second kappa shape index (κ2) is 11.3. The predicted octanol–water partition coefficient (Wildman–Crippen LogP) is 1.96. The molecule has 166 valence electrons. The van der Waals surface area contributed by atoms with Crippen LogP contribution >= 0.6 is 0 Å². The second-order valence-electron chi connectivity index (χ2n) is 8.44. The van der Waals surface area contributed by atoms with Crippen molar-refractivity contribution >= 4 is 23.8 Å². The summed E-state index contributed by atoms with van der Waals surface area (Å²) >= 11 is 0. The van der Waals surface area contributed by atoms with Gasteiger partial charge in [-0.3, -0.25) is 14.4 Å². The van der Waals surface area contributed by atoms with E-state index in [1.165, 1.54) is 7.11 Å². The summed E-state index contributed by atoms with van der Waals surface area (Å²) in [5.41, 5.74) is 1.48. The maximum Gasteiger partial charge on any atom is 0.328 e. The van der Waals surface area contributed by atoms with Crippen molar-refractivity contribution in [2.45, 2.75) is 52.5 Å². The molecule has 0 fully saturated rings. The number of carbonyl (C=O) groups is 4. The van der Waals surface area contributed by atoms with Gasteiger partial charge in [0.25, 0.3) is 11.8 Å². The van der Waals surface area contributed by atoms with E-state index in [1.807, 2.05) is 26.0 Å². The Balaban J connectivity index is 2.46. The lowest BCUT2D eigenvalue weighted by atomic mass is 9.87. The van der Waals surface area contributed by atoms with E-state index in [2.05, 4.69) is 36.1 Å². The van der Waals surface area contributed by atoms with Crippen LogP contribution in [0.15, 0.2) is 24.3 Å². The molecule has 0 spiro atoms. The number of nitrogens with one attached hydrogen (secondary N) is 2. The van der Waals surface area contributed by atoms with Crippen molar-refractivity contribution in [1.29, 1.82) is 0 Å². The third-order valence-corrected chi connectivity index (χ3v) is 4.30. The normalized spacial score (nSPS) is 12.1. The Morgan fingerprint density at radius 3 is 2.13 bits per heavy atom. The highest BCUT2D eigenvalue weighted by molar-refractivity contribution is 5.96. The first kappa shape index (κ1) is 25.1. The summed E-state index contributed by atoms with van der Waals surface area (Å²) in [6.07, 6.45) is 0.399. The quantitative estimate of drug-likeness (QED) is 0.591. The fourth-order valence-corrected chi connectivity index (χ4v) is 2.64. The molecule has 0 aliphatic heterocycles. The maximum absolute atomic E-state index is 12.2.